The van der Waals surface area contributed by atoms with Gasteiger partial charge in [-0.3, -0.25) is 9.80 Å². The molecule has 3 rings (SSSR count). The van der Waals surface area contributed by atoms with Crippen molar-refractivity contribution in [2.24, 2.45) is 0 Å². The lowest BCUT2D eigenvalue weighted by Crippen LogP contribution is -2.46. The zero-order valence-corrected chi connectivity index (χ0v) is 19.3. The molecule has 0 radical (unpaired) electrons. The molecule has 3 atom stereocenters. The first-order valence-electron chi connectivity index (χ1n) is 10.5. The number of rotatable bonds is 4. The number of ether oxygens (including phenoxy) is 1. The van der Waals surface area contributed by atoms with Crippen molar-refractivity contribution >= 4 is 11.9 Å². The number of hydrogen-bond acceptors (Lipinski definition) is 7. The van der Waals surface area contributed by atoms with Crippen LogP contribution in [0, 0.1) is 0 Å². The van der Waals surface area contributed by atoms with Crippen LogP contribution in [0.1, 0.15) is 32.3 Å². The van der Waals surface area contributed by atoms with Gasteiger partial charge < -0.3 is 14.9 Å². The van der Waals surface area contributed by atoms with Gasteiger partial charge in [-0.25, -0.2) is 19.6 Å². The largest absolute Gasteiger partial charge is 0.490 e. The Bertz CT molecular complexity index is 785. The Kier molecular flexibility index (Phi) is 11.3. The molecule has 15 heteroatoms. The molecule has 2 aliphatic heterocycles. The van der Waals surface area contributed by atoms with E-state index < -0.39 is 24.3 Å². The maximum atomic E-state index is 10.6. The number of hydrogen-bond donors (Lipinski definition) is 2. The molecule has 35 heavy (non-hydrogen) atoms. The lowest BCUT2D eigenvalue weighted by Gasteiger charge is -2.35. The standard InChI is InChI=1S/C16H26N4O.2C2HF3O2/c1-12(2)20-10-15(16-14(20)5-4-6-21-16)19(3)9-13-7-17-11-18-8-13;2*3-2(4,5)1(6)7/h7-8,11-12,14-16H,4-6,9-10H2,1-3H3;2*(H,6,7)/t14-,15-,16+;;/m0../s1. The van der Waals surface area contributed by atoms with Crippen LogP contribution in [0.2, 0.25) is 0 Å². The van der Waals surface area contributed by atoms with Gasteiger partial charge in [0.2, 0.25) is 0 Å². The van der Waals surface area contributed by atoms with E-state index in [1.54, 1.807) is 6.33 Å². The van der Waals surface area contributed by atoms with E-state index in [1.165, 1.54) is 12.8 Å². The fraction of sp³-hybridized carbons (Fsp3) is 0.700. The minimum Gasteiger partial charge on any atom is -0.475 e. The number of likely N-dealkylation sites (N-methyl/N-ethyl adjacent to an activating group) is 1. The van der Waals surface area contributed by atoms with Crippen molar-refractivity contribution in [2.45, 2.75) is 69.8 Å². The van der Waals surface area contributed by atoms with Gasteiger partial charge in [-0.15, -0.1) is 0 Å². The summed E-state index contributed by atoms with van der Waals surface area (Å²) < 4.78 is 69.6. The van der Waals surface area contributed by atoms with Gasteiger partial charge in [-0.2, -0.15) is 26.3 Å². The van der Waals surface area contributed by atoms with Crippen LogP contribution in [-0.2, 0) is 20.9 Å². The lowest BCUT2D eigenvalue weighted by atomic mass is 9.99. The van der Waals surface area contributed by atoms with Crippen LogP contribution in [0.5, 0.6) is 0 Å². The second-order valence-electron chi connectivity index (χ2n) is 8.17. The smallest absolute Gasteiger partial charge is 0.475 e. The van der Waals surface area contributed by atoms with Crippen molar-refractivity contribution in [3.05, 3.63) is 24.3 Å². The van der Waals surface area contributed by atoms with Crippen LogP contribution in [0.15, 0.2) is 18.7 Å². The number of nitrogens with zero attached hydrogens (tertiary/aromatic N) is 4. The van der Waals surface area contributed by atoms with Crippen LogP contribution < -0.4 is 0 Å². The molecular weight excluding hydrogens is 490 g/mol. The highest BCUT2D eigenvalue weighted by Crippen LogP contribution is 2.33. The third-order valence-electron chi connectivity index (χ3n) is 5.30. The highest BCUT2D eigenvalue weighted by Gasteiger charge is 2.46. The molecule has 0 unspecified atom stereocenters. The number of alkyl halides is 6. The van der Waals surface area contributed by atoms with E-state index in [0.717, 1.165) is 25.3 Å². The van der Waals surface area contributed by atoms with Crippen molar-refractivity contribution in [1.82, 2.24) is 19.8 Å². The summed E-state index contributed by atoms with van der Waals surface area (Å²) in [5.41, 5.74) is 1.16. The molecule has 1 aromatic rings. The number of aliphatic carboxylic acids is 2. The van der Waals surface area contributed by atoms with Crippen molar-refractivity contribution in [1.29, 1.82) is 0 Å². The Balaban J connectivity index is 0.000000362. The highest BCUT2D eigenvalue weighted by molar-refractivity contribution is 5.73. The van der Waals surface area contributed by atoms with Gasteiger partial charge in [-0.1, -0.05) is 0 Å². The molecule has 0 aliphatic carbocycles. The number of carbonyl (C=O) groups is 2. The van der Waals surface area contributed by atoms with Crippen LogP contribution >= 0.6 is 0 Å². The zero-order valence-electron chi connectivity index (χ0n) is 19.3. The molecule has 2 N–H and O–H groups in total. The summed E-state index contributed by atoms with van der Waals surface area (Å²) in [5.74, 6) is -5.51. The Hall–Kier alpha value is -2.52. The Labute approximate surface area is 197 Å². The van der Waals surface area contributed by atoms with Crippen molar-refractivity contribution in [3.8, 4) is 0 Å². The first kappa shape index (κ1) is 30.5. The molecule has 0 aromatic carbocycles. The Morgan fingerprint density at radius 1 is 1.11 bits per heavy atom. The molecule has 9 nitrogen and oxygen atoms in total. The van der Waals surface area contributed by atoms with E-state index in [4.69, 9.17) is 24.5 Å². The second kappa shape index (κ2) is 13.0. The summed E-state index contributed by atoms with van der Waals surface area (Å²) in [6.45, 7) is 7.46. The number of carboxylic acids is 2. The normalized spacial score (nSPS) is 22.5. The molecule has 2 aliphatic rings. The van der Waals surface area contributed by atoms with E-state index in [0.29, 0.717) is 24.2 Å². The summed E-state index contributed by atoms with van der Waals surface area (Å²) in [6.07, 6.45) is -1.99. The molecule has 0 saturated carbocycles. The third-order valence-corrected chi connectivity index (χ3v) is 5.30. The fourth-order valence-corrected chi connectivity index (χ4v) is 3.77. The van der Waals surface area contributed by atoms with Crippen molar-refractivity contribution in [2.75, 3.05) is 20.2 Å². The second-order valence-corrected chi connectivity index (χ2v) is 8.17. The van der Waals surface area contributed by atoms with Gasteiger partial charge in [0.1, 0.15) is 6.33 Å². The number of carboxylic acid groups (broad SMARTS) is 2. The first-order chi connectivity index (χ1) is 16.1. The summed E-state index contributed by atoms with van der Waals surface area (Å²) >= 11 is 0. The van der Waals surface area contributed by atoms with Gasteiger partial charge in [-0.05, 0) is 33.7 Å². The maximum absolute atomic E-state index is 10.6. The van der Waals surface area contributed by atoms with Gasteiger partial charge in [0.05, 0.1) is 12.1 Å². The molecule has 0 bridgehead atoms. The third kappa shape index (κ3) is 9.93. The first-order valence-corrected chi connectivity index (χ1v) is 10.5. The summed E-state index contributed by atoms with van der Waals surface area (Å²) in [4.78, 5) is 31.0. The molecule has 0 amide bonds. The Morgan fingerprint density at radius 3 is 2.03 bits per heavy atom. The van der Waals surface area contributed by atoms with Crippen LogP contribution in [0.3, 0.4) is 0 Å². The van der Waals surface area contributed by atoms with Crippen LogP contribution in [0.25, 0.3) is 0 Å². The molecule has 200 valence electrons. The minimum absolute atomic E-state index is 0.343. The summed E-state index contributed by atoms with van der Waals surface area (Å²) in [5, 5.41) is 14.2. The van der Waals surface area contributed by atoms with E-state index in [-0.39, 0.29) is 0 Å². The summed E-state index contributed by atoms with van der Waals surface area (Å²) in [7, 11) is 2.19. The minimum atomic E-state index is -5.08. The zero-order chi connectivity index (χ0) is 27.0. The monoisotopic (exact) mass is 518 g/mol. The van der Waals surface area contributed by atoms with Gasteiger partial charge in [0.15, 0.2) is 0 Å². The van der Waals surface area contributed by atoms with E-state index >= 15 is 0 Å². The maximum Gasteiger partial charge on any atom is 0.490 e. The molecule has 2 fully saturated rings. The lowest BCUT2D eigenvalue weighted by molar-refractivity contribution is -0.193. The van der Waals surface area contributed by atoms with Crippen molar-refractivity contribution < 1.29 is 50.9 Å². The van der Waals surface area contributed by atoms with Gasteiger partial charge in [0.25, 0.3) is 0 Å². The SMILES string of the molecule is CC(C)N1C[C@H](N(C)Cc2cncnc2)[C@@H]2OCCC[C@@H]21.O=C(O)C(F)(F)F.O=C(O)C(F)(F)F. The highest BCUT2D eigenvalue weighted by atomic mass is 19.4. The molecule has 0 spiro atoms. The van der Waals surface area contributed by atoms with Gasteiger partial charge in [0, 0.05) is 49.7 Å². The number of fused-ring (bicyclic) bond motifs is 1. The van der Waals surface area contributed by atoms with Crippen LogP contribution in [0.4, 0.5) is 26.3 Å². The fourth-order valence-electron chi connectivity index (χ4n) is 3.77. The number of aromatic nitrogens is 2. The predicted octanol–water partition coefficient (Wildman–Crippen LogP) is 2.82. The average molecular weight is 518 g/mol. The molecular formula is C20H28F6N4O5. The quantitative estimate of drug-likeness (QED) is 0.581. The Morgan fingerprint density at radius 2 is 1.60 bits per heavy atom. The number of likely N-dealkylation sites (tertiary alicyclic amines) is 1. The van der Waals surface area contributed by atoms with E-state index in [2.05, 4.69) is 40.7 Å². The van der Waals surface area contributed by atoms with E-state index in [9.17, 15) is 26.3 Å². The molecule has 2 saturated heterocycles. The number of halogens is 6. The van der Waals surface area contributed by atoms with E-state index in [1.807, 2.05) is 12.4 Å². The van der Waals surface area contributed by atoms with Crippen LogP contribution in [-0.4, -0.2) is 98.7 Å². The van der Waals surface area contributed by atoms with Crippen molar-refractivity contribution in [3.63, 3.8) is 0 Å². The molecule has 1 aromatic heterocycles. The molecule has 3 heterocycles. The summed E-state index contributed by atoms with van der Waals surface area (Å²) in [6, 6.07) is 1.62. The average Bonchev–Trinajstić information content (AvgIpc) is 3.14. The topological polar surface area (TPSA) is 116 Å². The predicted molar refractivity (Wildman–Crippen MR) is 109 cm³/mol. The van der Waals surface area contributed by atoms with Gasteiger partial charge >= 0.3 is 24.3 Å².